The van der Waals surface area contributed by atoms with E-state index in [1.807, 2.05) is 64.1 Å². The summed E-state index contributed by atoms with van der Waals surface area (Å²) < 4.78 is 0.744. The monoisotopic (exact) mass is 834 g/mol. The van der Waals surface area contributed by atoms with Gasteiger partial charge in [-0.3, -0.25) is 9.59 Å². The second-order valence-electron chi connectivity index (χ2n) is 15.3. The van der Waals surface area contributed by atoms with Gasteiger partial charge >= 0.3 is 0 Å². The summed E-state index contributed by atoms with van der Waals surface area (Å²) in [7, 11) is 6.81. The minimum absolute atomic E-state index is 0.108. The van der Waals surface area contributed by atoms with Crippen molar-refractivity contribution >= 4 is 68.6 Å². The molecule has 1 aliphatic rings. The molecule has 0 spiro atoms. The summed E-state index contributed by atoms with van der Waals surface area (Å²) in [5.74, 6) is 3.50. The lowest BCUT2D eigenvalue weighted by Gasteiger charge is -2.21. The molecule has 0 bridgehead atoms. The van der Waals surface area contributed by atoms with Crippen LogP contribution in [0.3, 0.4) is 0 Å². The summed E-state index contributed by atoms with van der Waals surface area (Å²) in [6.45, 7) is 22.5. The Morgan fingerprint density at radius 3 is 1.88 bits per heavy atom. The summed E-state index contributed by atoms with van der Waals surface area (Å²) in [5, 5.41) is 24.7. The molecule has 3 aromatic rings. The van der Waals surface area contributed by atoms with E-state index in [4.69, 9.17) is 0 Å². The molecule has 14 nitrogen and oxygen atoms in total. The van der Waals surface area contributed by atoms with Crippen LogP contribution in [0, 0.1) is 17.8 Å². The summed E-state index contributed by atoms with van der Waals surface area (Å²) >= 11 is 3.62. The van der Waals surface area contributed by atoms with Gasteiger partial charge < -0.3 is 42.5 Å². The number of anilines is 7. The van der Waals surface area contributed by atoms with Gasteiger partial charge in [0.1, 0.15) is 21.9 Å². The number of nitrogens with one attached hydrogen (secondary N) is 8. The maximum Gasteiger partial charge on any atom is 0.251 e. The quantitative estimate of drug-likeness (QED) is 0.0873. The van der Waals surface area contributed by atoms with Gasteiger partial charge in [-0.15, -0.1) is 0 Å². The molecule has 4 rings (SSSR count). The van der Waals surface area contributed by atoms with Crippen LogP contribution in [-0.4, -0.2) is 73.0 Å². The molecule has 1 aromatic carbocycles. The molecule has 0 saturated heterocycles. The van der Waals surface area contributed by atoms with Gasteiger partial charge in [0, 0.05) is 76.3 Å². The highest BCUT2D eigenvalue weighted by atomic mass is 79.9. The number of carbonyl (C=O) groups excluding carboxylic acids is 2. The first-order valence-corrected chi connectivity index (χ1v) is 19.6. The summed E-state index contributed by atoms with van der Waals surface area (Å²) in [4.78, 5) is 41.9. The number of nitrogens with zero attached hydrogens (tertiary/aromatic N) is 4. The van der Waals surface area contributed by atoms with Crippen LogP contribution >= 0.6 is 15.9 Å². The Kier molecular flexibility index (Phi) is 18.3. The molecule has 0 fully saturated rings. The minimum Gasteiger partial charge on any atom is -0.369 e. The summed E-state index contributed by atoms with van der Waals surface area (Å²) in [5.41, 5.74) is 5.29. The smallest absolute Gasteiger partial charge is 0.251 e. The standard InChI is InChI=1S/C20H29BrN6O.C19H28N6O.C2H6/c1-12-7-8-13(18(28)22-5)10-14(9-12)25-17-15(21)16(24-11-20(2,3)4)26-19(23-6)27-17;1-12-7-8-13(17(26)20-5)9-14(12)23-16-10-15(22-11-19(2,3)4)24-18(21-6)25-16;1-2/h7-8,10H,9,11H2,1-6H3,(H,22,28)(H3,23,24,25,26,27);7-10H,11H2,1-6H3,(H,20,26)(H3,21,22,23,24,25);1-2H3. The highest BCUT2D eigenvalue weighted by molar-refractivity contribution is 9.10. The lowest BCUT2D eigenvalue weighted by molar-refractivity contribution is -0.116. The van der Waals surface area contributed by atoms with Gasteiger partial charge in [-0.2, -0.15) is 19.9 Å². The molecular weight excluding hydrogens is 772 g/mol. The van der Waals surface area contributed by atoms with E-state index in [0.717, 1.165) is 45.9 Å². The fourth-order valence-corrected chi connectivity index (χ4v) is 5.17. The van der Waals surface area contributed by atoms with Crippen molar-refractivity contribution in [2.45, 2.75) is 75.7 Å². The highest BCUT2D eigenvalue weighted by Crippen LogP contribution is 2.32. The van der Waals surface area contributed by atoms with Gasteiger partial charge in [-0.05, 0) is 70.5 Å². The molecule has 8 N–H and O–H groups in total. The molecule has 56 heavy (non-hydrogen) atoms. The van der Waals surface area contributed by atoms with Gasteiger partial charge in [-0.25, -0.2) is 0 Å². The Morgan fingerprint density at radius 2 is 1.29 bits per heavy atom. The fraction of sp³-hybridized carbons (Fsp3) is 0.463. The second-order valence-corrected chi connectivity index (χ2v) is 16.1. The van der Waals surface area contributed by atoms with Crippen LogP contribution in [0.4, 0.5) is 40.9 Å². The Morgan fingerprint density at radius 1 is 0.714 bits per heavy atom. The van der Waals surface area contributed by atoms with Gasteiger partial charge in [0.25, 0.3) is 11.8 Å². The number of halogens is 1. The van der Waals surface area contributed by atoms with Crippen molar-refractivity contribution in [2.24, 2.45) is 10.8 Å². The van der Waals surface area contributed by atoms with E-state index in [0.29, 0.717) is 46.9 Å². The third-order valence-electron chi connectivity index (χ3n) is 7.71. The average molecular weight is 836 g/mol. The number of carbonyl (C=O) groups is 2. The second kappa shape index (κ2) is 21.8. The average Bonchev–Trinajstić information content (AvgIpc) is 3.35. The van der Waals surface area contributed by atoms with E-state index in [1.165, 1.54) is 0 Å². The Hall–Kier alpha value is -5.18. The van der Waals surface area contributed by atoms with Crippen LogP contribution in [0.5, 0.6) is 0 Å². The van der Waals surface area contributed by atoms with Crippen molar-refractivity contribution in [1.29, 1.82) is 0 Å². The number of amides is 2. The van der Waals surface area contributed by atoms with Crippen LogP contribution in [0.1, 0.15) is 84.7 Å². The van der Waals surface area contributed by atoms with Gasteiger partial charge in [0.15, 0.2) is 5.82 Å². The Balaban J connectivity index is 0.000000371. The van der Waals surface area contributed by atoms with Crippen LogP contribution in [0.25, 0.3) is 0 Å². The van der Waals surface area contributed by atoms with Crippen LogP contribution < -0.4 is 42.5 Å². The lowest BCUT2D eigenvalue weighted by atomic mass is 9.97. The normalized spacial score (nSPS) is 12.4. The van der Waals surface area contributed by atoms with Crippen molar-refractivity contribution in [3.63, 3.8) is 0 Å². The topological polar surface area (TPSA) is 182 Å². The number of aryl methyl sites for hydroxylation is 1. The number of allylic oxidation sites excluding steroid dienone is 3. The van der Waals surface area contributed by atoms with E-state index >= 15 is 0 Å². The number of hydrogen-bond donors (Lipinski definition) is 8. The Labute approximate surface area is 342 Å². The van der Waals surface area contributed by atoms with Crippen molar-refractivity contribution in [3.05, 3.63) is 74.9 Å². The fourth-order valence-electron chi connectivity index (χ4n) is 4.75. The first kappa shape index (κ1) is 47.0. The maximum absolute atomic E-state index is 12.1. The van der Waals surface area contributed by atoms with Crippen LogP contribution in [0.15, 0.2) is 63.8 Å². The first-order chi connectivity index (χ1) is 26.3. The van der Waals surface area contributed by atoms with E-state index < -0.39 is 0 Å². The molecule has 0 radical (unpaired) electrons. The third-order valence-corrected chi connectivity index (χ3v) is 8.47. The third kappa shape index (κ3) is 15.5. The predicted molar refractivity (Wildman–Crippen MR) is 238 cm³/mol. The maximum atomic E-state index is 12.1. The van der Waals surface area contributed by atoms with Crippen molar-refractivity contribution in [2.75, 3.05) is 73.2 Å². The number of aromatic nitrogens is 4. The van der Waals surface area contributed by atoms with Gasteiger partial charge in [0.05, 0.1) is 0 Å². The van der Waals surface area contributed by atoms with Gasteiger partial charge in [0.2, 0.25) is 11.9 Å². The molecule has 306 valence electrons. The molecule has 2 aromatic heterocycles. The molecule has 0 aliphatic heterocycles. The molecular formula is C41H63BrN12O2. The molecule has 2 amide bonds. The predicted octanol–water partition coefficient (Wildman–Crippen LogP) is 8.47. The van der Waals surface area contributed by atoms with Crippen LogP contribution in [0.2, 0.25) is 0 Å². The number of benzene rings is 1. The lowest BCUT2D eigenvalue weighted by Crippen LogP contribution is -2.21. The van der Waals surface area contributed by atoms with Crippen LogP contribution in [-0.2, 0) is 4.79 Å². The van der Waals surface area contributed by atoms with Crippen molar-refractivity contribution in [3.8, 4) is 0 Å². The van der Waals surface area contributed by atoms with E-state index in [1.54, 1.807) is 34.3 Å². The largest absolute Gasteiger partial charge is 0.369 e. The zero-order valence-corrected chi connectivity index (χ0v) is 37.2. The van der Waals surface area contributed by atoms with Crippen molar-refractivity contribution < 1.29 is 9.59 Å². The highest BCUT2D eigenvalue weighted by Gasteiger charge is 2.18. The summed E-state index contributed by atoms with van der Waals surface area (Å²) in [6, 6.07) is 7.39. The number of hydrogen-bond acceptors (Lipinski definition) is 12. The Bertz CT molecular complexity index is 1890. The summed E-state index contributed by atoms with van der Waals surface area (Å²) in [6.07, 6.45) is 6.32. The zero-order chi connectivity index (χ0) is 42.2. The molecule has 15 heteroatoms. The number of likely N-dealkylation sites (N-methyl/N-ethyl adjacent to an activating group) is 1. The molecule has 1 aliphatic carbocycles. The van der Waals surface area contributed by atoms with Gasteiger partial charge in [-0.1, -0.05) is 73.1 Å². The first-order valence-electron chi connectivity index (χ1n) is 18.8. The molecule has 0 unspecified atom stereocenters. The molecule has 0 saturated carbocycles. The SMILES string of the molecule is CC.CNC(=O)C1=CC=C(C)CC(Nc2nc(NC)nc(NCC(C)(C)C)c2Br)=C1.CNC(=O)c1ccc(C)c(Nc2cc(NCC(C)(C)C)nc(NC)n2)c1. The van der Waals surface area contributed by atoms with E-state index in [2.05, 4.69) is 120 Å². The number of rotatable bonds is 12. The minimum atomic E-state index is -0.129. The zero-order valence-electron chi connectivity index (χ0n) is 35.6. The van der Waals surface area contributed by atoms with Crippen molar-refractivity contribution in [1.82, 2.24) is 30.6 Å². The molecule has 2 heterocycles. The van der Waals surface area contributed by atoms with E-state index in [-0.39, 0.29) is 22.6 Å². The molecule has 0 atom stereocenters. The van der Waals surface area contributed by atoms with E-state index in [9.17, 15) is 9.59 Å².